The lowest BCUT2D eigenvalue weighted by Gasteiger charge is -2.23. The van der Waals surface area contributed by atoms with Gasteiger partial charge in [0.05, 0.1) is 0 Å². The predicted molar refractivity (Wildman–Crippen MR) is 90.7 cm³/mol. The highest BCUT2D eigenvalue weighted by molar-refractivity contribution is 7.98. The van der Waals surface area contributed by atoms with Crippen molar-refractivity contribution in [2.45, 2.75) is 24.7 Å². The highest BCUT2D eigenvalue weighted by atomic mass is 32.2. The van der Waals surface area contributed by atoms with Gasteiger partial charge in [-0.25, -0.2) is 0 Å². The smallest absolute Gasteiger partial charge is 0.0478 e. The van der Waals surface area contributed by atoms with E-state index in [1.54, 1.807) is 11.8 Å². The molecule has 0 radical (unpaired) electrons. The Morgan fingerprint density at radius 3 is 2.25 bits per heavy atom. The summed E-state index contributed by atoms with van der Waals surface area (Å²) in [5.74, 6) is 1.15. The Kier molecular flexibility index (Phi) is 5.54. The molecule has 2 aromatic carbocycles. The first-order chi connectivity index (χ1) is 9.72. The van der Waals surface area contributed by atoms with E-state index in [9.17, 15) is 0 Å². The molecule has 0 aromatic heterocycles. The minimum Gasteiger partial charge on any atom is -0.384 e. The van der Waals surface area contributed by atoms with Crippen LogP contribution in [0.2, 0.25) is 0 Å². The quantitative estimate of drug-likeness (QED) is 0.726. The van der Waals surface area contributed by atoms with Crippen molar-refractivity contribution >= 4 is 17.4 Å². The van der Waals surface area contributed by atoms with Crippen LogP contribution in [0.3, 0.4) is 0 Å². The fourth-order valence-electron chi connectivity index (χ4n) is 2.45. The molecule has 2 heteroatoms. The topological polar surface area (TPSA) is 12.0 Å². The summed E-state index contributed by atoms with van der Waals surface area (Å²) in [6, 6.07) is 19.3. The van der Waals surface area contributed by atoms with Crippen LogP contribution in [0, 0.1) is 5.92 Å². The molecule has 0 spiro atoms. The highest BCUT2D eigenvalue weighted by Gasteiger charge is 2.15. The molecule has 0 fully saturated rings. The Hall–Kier alpha value is -1.41. The summed E-state index contributed by atoms with van der Waals surface area (Å²) in [4.78, 5) is 1.31. The summed E-state index contributed by atoms with van der Waals surface area (Å²) >= 11 is 1.79. The van der Waals surface area contributed by atoms with Crippen molar-refractivity contribution < 1.29 is 0 Å². The summed E-state index contributed by atoms with van der Waals surface area (Å²) in [5, 5.41) is 3.62. The number of benzene rings is 2. The fraction of sp³-hybridized carbons (Fsp3) is 0.333. The molecule has 0 aliphatic heterocycles. The van der Waals surface area contributed by atoms with Gasteiger partial charge >= 0.3 is 0 Å². The van der Waals surface area contributed by atoms with Crippen molar-refractivity contribution in [3.8, 4) is 0 Å². The van der Waals surface area contributed by atoms with E-state index in [1.165, 1.54) is 16.1 Å². The first-order valence-corrected chi connectivity index (χ1v) is 8.36. The standard InChI is InChI=1S/C18H23NS/c1-14(2)16(15-9-5-4-6-10-15)13-19-17-11-7-8-12-18(17)20-3/h4-12,14,16,19H,13H2,1-3H3. The van der Waals surface area contributed by atoms with Crippen molar-refractivity contribution in [3.05, 3.63) is 60.2 Å². The molecule has 20 heavy (non-hydrogen) atoms. The molecule has 1 nitrogen and oxygen atoms in total. The van der Waals surface area contributed by atoms with Crippen LogP contribution in [0.1, 0.15) is 25.3 Å². The summed E-state index contributed by atoms with van der Waals surface area (Å²) in [6.07, 6.45) is 2.12. The maximum Gasteiger partial charge on any atom is 0.0478 e. The molecular formula is C18H23NS. The highest BCUT2D eigenvalue weighted by Crippen LogP contribution is 2.28. The van der Waals surface area contributed by atoms with Gasteiger partial charge in [0.2, 0.25) is 0 Å². The van der Waals surface area contributed by atoms with Gasteiger partial charge in [-0.05, 0) is 29.9 Å². The third-order valence-electron chi connectivity index (χ3n) is 3.65. The zero-order chi connectivity index (χ0) is 14.4. The molecule has 0 amide bonds. The van der Waals surface area contributed by atoms with Crippen molar-refractivity contribution in [2.75, 3.05) is 18.1 Å². The Bertz CT molecular complexity index is 522. The number of para-hydroxylation sites is 1. The average Bonchev–Trinajstić information content (AvgIpc) is 2.48. The Morgan fingerprint density at radius 2 is 1.60 bits per heavy atom. The van der Waals surface area contributed by atoms with E-state index in [2.05, 4.69) is 80.0 Å². The Balaban J connectivity index is 2.10. The zero-order valence-corrected chi connectivity index (χ0v) is 13.3. The van der Waals surface area contributed by atoms with Gasteiger partial charge in [0.25, 0.3) is 0 Å². The van der Waals surface area contributed by atoms with Gasteiger partial charge in [-0.3, -0.25) is 0 Å². The minimum atomic E-state index is 0.533. The first kappa shape index (κ1) is 15.0. The number of thioether (sulfide) groups is 1. The summed E-state index contributed by atoms with van der Waals surface area (Å²) in [7, 11) is 0. The molecule has 1 N–H and O–H groups in total. The molecule has 0 saturated carbocycles. The molecule has 0 bridgehead atoms. The largest absolute Gasteiger partial charge is 0.384 e. The zero-order valence-electron chi connectivity index (χ0n) is 12.5. The summed E-state index contributed by atoms with van der Waals surface area (Å²) in [6.45, 7) is 5.55. The molecule has 1 unspecified atom stereocenters. The summed E-state index contributed by atoms with van der Waals surface area (Å²) in [5.41, 5.74) is 2.65. The van der Waals surface area contributed by atoms with Crippen molar-refractivity contribution in [1.82, 2.24) is 0 Å². The molecule has 2 aromatic rings. The minimum absolute atomic E-state index is 0.533. The Morgan fingerprint density at radius 1 is 0.950 bits per heavy atom. The van der Waals surface area contributed by atoms with Crippen LogP contribution >= 0.6 is 11.8 Å². The van der Waals surface area contributed by atoms with Gasteiger partial charge in [-0.2, -0.15) is 0 Å². The first-order valence-electron chi connectivity index (χ1n) is 7.14. The van der Waals surface area contributed by atoms with Crippen LogP contribution < -0.4 is 5.32 Å². The number of nitrogens with one attached hydrogen (secondary N) is 1. The van der Waals surface area contributed by atoms with E-state index in [0.29, 0.717) is 11.8 Å². The lowest BCUT2D eigenvalue weighted by Crippen LogP contribution is -2.18. The van der Waals surface area contributed by atoms with Gasteiger partial charge in [-0.1, -0.05) is 56.3 Å². The van der Waals surface area contributed by atoms with Gasteiger partial charge in [0.15, 0.2) is 0 Å². The van der Waals surface area contributed by atoms with Gasteiger partial charge in [0, 0.05) is 23.0 Å². The second kappa shape index (κ2) is 7.39. The molecule has 0 saturated heterocycles. The number of hydrogen-bond donors (Lipinski definition) is 1. The predicted octanol–water partition coefficient (Wildman–Crippen LogP) is 5.26. The third-order valence-corrected chi connectivity index (χ3v) is 4.45. The van der Waals surface area contributed by atoms with E-state index in [-0.39, 0.29) is 0 Å². The second-order valence-corrected chi connectivity index (χ2v) is 6.19. The maximum absolute atomic E-state index is 3.62. The van der Waals surface area contributed by atoms with Gasteiger partial charge < -0.3 is 5.32 Å². The van der Waals surface area contributed by atoms with Crippen molar-refractivity contribution in [1.29, 1.82) is 0 Å². The van der Waals surface area contributed by atoms with Crippen LogP contribution in [0.5, 0.6) is 0 Å². The van der Waals surface area contributed by atoms with E-state index >= 15 is 0 Å². The summed E-state index contributed by atoms with van der Waals surface area (Å²) < 4.78 is 0. The fourth-order valence-corrected chi connectivity index (χ4v) is 3.02. The molecule has 0 aliphatic rings. The SMILES string of the molecule is CSc1ccccc1NCC(c1ccccc1)C(C)C. The lowest BCUT2D eigenvalue weighted by atomic mass is 9.88. The van der Waals surface area contributed by atoms with Crippen LogP contribution in [-0.2, 0) is 0 Å². The van der Waals surface area contributed by atoms with E-state index in [4.69, 9.17) is 0 Å². The normalized spacial score (nSPS) is 12.4. The van der Waals surface area contributed by atoms with Crippen LogP contribution in [0.4, 0.5) is 5.69 Å². The molecular weight excluding hydrogens is 262 g/mol. The van der Waals surface area contributed by atoms with E-state index < -0.39 is 0 Å². The van der Waals surface area contributed by atoms with Crippen molar-refractivity contribution in [2.24, 2.45) is 5.92 Å². The average molecular weight is 285 g/mol. The maximum atomic E-state index is 3.62. The monoisotopic (exact) mass is 285 g/mol. The molecule has 0 heterocycles. The molecule has 106 valence electrons. The third kappa shape index (κ3) is 3.80. The van der Waals surface area contributed by atoms with Crippen LogP contribution in [0.25, 0.3) is 0 Å². The number of anilines is 1. The van der Waals surface area contributed by atoms with E-state index in [1.807, 2.05) is 0 Å². The number of rotatable bonds is 6. The lowest BCUT2D eigenvalue weighted by molar-refractivity contribution is 0.517. The Labute approximate surface area is 126 Å². The molecule has 0 aliphatic carbocycles. The molecule has 2 rings (SSSR count). The van der Waals surface area contributed by atoms with E-state index in [0.717, 1.165) is 6.54 Å². The number of hydrogen-bond acceptors (Lipinski definition) is 2. The van der Waals surface area contributed by atoms with Crippen molar-refractivity contribution in [3.63, 3.8) is 0 Å². The van der Waals surface area contributed by atoms with Crippen LogP contribution in [0.15, 0.2) is 59.5 Å². The molecule has 1 atom stereocenters. The van der Waals surface area contributed by atoms with Gasteiger partial charge in [-0.15, -0.1) is 11.8 Å². The van der Waals surface area contributed by atoms with Gasteiger partial charge in [0.1, 0.15) is 0 Å². The second-order valence-electron chi connectivity index (χ2n) is 5.34. The van der Waals surface area contributed by atoms with Crippen LogP contribution in [-0.4, -0.2) is 12.8 Å².